The van der Waals surface area contributed by atoms with Gasteiger partial charge in [0.05, 0.1) is 15.9 Å². The van der Waals surface area contributed by atoms with Gasteiger partial charge in [0, 0.05) is 19.5 Å². The second-order valence-corrected chi connectivity index (χ2v) is 5.35. The molecule has 0 aliphatic carbocycles. The molecule has 0 aliphatic heterocycles. The van der Waals surface area contributed by atoms with E-state index in [4.69, 9.17) is 11.6 Å². The topological polar surface area (TPSA) is 29.9 Å². The largest absolute Gasteiger partial charge is 0.311 e. The Morgan fingerprint density at radius 1 is 1.56 bits per heavy atom. The molecule has 1 rings (SSSR count). The van der Waals surface area contributed by atoms with E-state index < -0.39 is 0 Å². The number of hydrogen-bond donors (Lipinski definition) is 1. The Balaban J connectivity index is 2.43. The molecule has 16 heavy (non-hydrogen) atoms. The van der Waals surface area contributed by atoms with Gasteiger partial charge in [-0.3, -0.25) is 4.68 Å². The summed E-state index contributed by atoms with van der Waals surface area (Å²) in [6, 6.07) is 0. The Hall–Kier alpha value is -0.0600. The molecule has 1 N–H and O–H groups in total. The second kappa shape index (κ2) is 6.62. The first-order valence-corrected chi connectivity index (χ1v) is 6.83. The molecule has 0 saturated heterocycles. The molecule has 0 fully saturated rings. The molecular weight excluding hydrogens is 289 g/mol. The zero-order valence-corrected chi connectivity index (χ0v) is 12.4. The molecule has 5 heteroatoms. The van der Waals surface area contributed by atoms with Crippen LogP contribution in [-0.4, -0.2) is 22.2 Å². The lowest BCUT2D eigenvalue weighted by Crippen LogP contribution is -2.22. The van der Waals surface area contributed by atoms with E-state index in [9.17, 15) is 0 Å². The molecule has 1 atom stereocenters. The monoisotopic (exact) mass is 307 g/mol. The smallest absolute Gasteiger partial charge is 0.0739 e. The highest BCUT2D eigenvalue weighted by molar-refractivity contribution is 9.10. The molecule has 0 spiro atoms. The minimum Gasteiger partial charge on any atom is -0.311 e. The van der Waals surface area contributed by atoms with Gasteiger partial charge in [0.1, 0.15) is 0 Å². The Labute approximate surface area is 111 Å². The molecule has 92 valence electrons. The number of hydrogen-bond acceptors (Lipinski definition) is 2. The Bertz CT molecular complexity index is 338. The fourth-order valence-electron chi connectivity index (χ4n) is 1.60. The second-order valence-electron chi connectivity index (χ2n) is 4.18. The van der Waals surface area contributed by atoms with E-state index in [1.807, 2.05) is 18.7 Å². The Kier molecular flexibility index (Phi) is 5.79. The third-order valence-corrected chi connectivity index (χ3v) is 3.90. The van der Waals surface area contributed by atoms with Gasteiger partial charge in [-0.1, -0.05) is 6.92 Å². The van der Waals surface area contributed by atoms with Crippen LogP contribution in [0.15, 0.2) is 4.47 Å². The summed E-state index contributed by atoms with van der Waals surface area (Å²) in [5, 5.41) is 7.79. The molecule has 1 aromatic heterocycles. The highest BCUT2D eigenvalue weighted by atomic mass is 79.9. The quantitative estimate of drug-likeness (QED) is 0.819. The third kappa shape index (κ3) is 3.75. The van der Waals surface area contributed by atoms with E-state index in [2.05, 4.69) is 33.3 Å². The van der Waals surface area contributed by atoms with Crippen LogP contribution in [0.5, 0.6) is 0 Å². The van der Waals surface area contributed by atoms with Crippen LogP contribution in [-0.2, 0) is 13.6 Å². The lowest BCUT2D eigenvalue weighted by molar-refractivity contribution is 0.492. The van der Waals surface area contributed by atoms with E-state index >= 15 is 0 Å². The summed E-state index contributed by atoms with van der Waals surface area (Å²) in [7, 11) is 1.97. The van der Waals surface area contributed by atoms with Crippen LogP contribution < -0.4 is 5.32 Å². The number of halogens is 2. The standard InChI is InChI=1S/C11H19BrClN3/c1-8(4-5-13)6-14-7-10-11(12)9(2)15-16(10)3/h8,14H,4-7H2,1-3H3. The lowest BCUT2D eigenvalue weighted by atomic mass is 10.1. The van der Waals surface area contributed by atoms with Gasteiger partial charge in [-0.2, -0.15) is 5.10 Å². The van der Waals surface area contributed by atoms with Crippen molar-refractivity contribution in [3.63, 3.8) is 0 Å². The molecule has 0 radical (unpaired) electrons. The van der Waals surface area contributed by atoms with Gasteiger partial charge in [-0.15, -0.1) is 11.6 Å². The fourth-order valence-corrected chi connectivity index (χ4v) is 2.45. The normalized spacial score (nSPS) is 13.1. The van der Waals surface area contributed by atoms with Gasteiger partial charge in [0.25, 0.3) is 0 Å². The highest BCUT2D eigenvalue weighted by Gasteiger charge is 2.10. The highest BCUT2D eigenvalue weighted by Crippen LogP contribution is 2.19. The van der Waals surface area contributed by atoms with Crippen LogP contribution in [0.1, 0.15) is 24.7 Å². The predicted octanol–water partition coefficient (Wildman–Crippen LogP) is 2.85. The van der Waals surface area contributed by atoms with E-state index in [1.54, 1.807) is 0 Å². The number of alkyl halides is 1. The van der Waals surface area contributed by atoms with Gasteiger partial charge >= 0.3 is 0 Å². The van der Waals surface area contributed by atoms with Crippen LogP contribution in [0.3, 0.4) is 0 Å². The molecule has 1 aromatic rings. The van der Waals surface area contributed by atoms with Crippen molar-refractivity contribution < 1.29 is 0 Å². The summed E-state index contributed by atoms with van der Waals surface area (Å²) in [6.07, 6.45) is 1.06. The van der Waals surface area contributed by atoms with E-state index in [1.165, 1.54) is 5.69 Å². The molecule has 0 amide bonds. The van der Waals surface area contributed by atoms with Crippen molar-refractivity contribution in [2.24, 2.45) is 13.0 Å². The molecule has 1 unspecified atom stereocenters. The maximum atomic E-state index is 5.70. The number of rotatable bonds is 6. The minimum absolute atomic E-state index is 0.616. The van der Waals surface area contributed by atoms with Crippen LogP contribution in [0, 0.1) is 12.8 Å². The summed E-state index contributed by atoms with van der Waals surface area (Å²) in [5.74, 6) is 1.35. The summed E-state index contributed by atoms with van der Waals surface area (Å²) in [5.41, 5.74) is 2.23. The van der Waals surface area contributed by atoms with Gasteiger partial charge in [0.2, 0.25) is 0 Å². The molecule has 3 nitrogen and oxygen atoms in total. The maximum absolute atomic E-state index is 5.70. The first-order valence-electron chi connectivity index (χ1n) is 5.51. The minimum atomic E-state index is 0.616. The number of aromatic nitrogens is 2. The van der Waals surface area contributed by atoms with E-state index in [0.29, 0.717) is 5.92 Å². The molecule has 0 saturated carbocycles. The van der Waals surface area contributed by atoms with Gasteiger partial charge in [0.15, 0.2) is 0 Å². The zero-order valence-electron chi connectivity index (χ0n) is 10.1. The summed E-state index contributed by atoms with van der Waals surface area (Å²) in [4.78, 5) is 0. The van der Waals surface area contributed by atoms with Crippen molar-refractivity contribution in [2.45, 2.75) is 26.8 Å². The van der Waals surface area contributed by atoms with Gasteiger partial charge < -0.3 is 5.32 Å². The maximum Gasteiger partial charge on any atom is 0.0739 e. The van der Waals surface area contributed by atoms with Crippen molar-refractivity contribution in [1.82, 2.24) is 15.1 Å². The van der Waals surface area contributed by atoms with Crippen molar-refractivity contribution in [3.8, 4) is 0 Å². The predicted molar refractivity (Wildman–Crippen MR) is 71.9 cm³/mol. The molecule has 1 heterocycles. The van der Waals surface area contributed by atoms with Crippen LogP contribution in [0.25, 0.3) is 0 Å². The molecule has 0 aromatic carbocycles. The van der Waals surface area contributed by atoms with Crippen molar-refractivity contribution >= 4 is 27.5 Å². The summed E-state index contributed by atoms with van der Waals surface area (Å²) >= 11 is 9.25. The first kappa shape index (κ1) is 14.0. The van der Waals surface area contributed by atoms with E-state index in [-0.39, 0.29) is 0 Å². The average molecular weight is 309 g/mol. The van der Waals surface area contributed by atoms with Gasteiger partial charge in [-0.05, 0) is 41.7 Å². The van der Waals surface area contributed by atoms with Crippen LogP contribution in [0.2, 0.25) is 0 Å². The number of nitrogens with zero attached hydrogens (tertiary/aromatic N) is 2. The third-order valence-electron chi connectivity index (χ3n) is 2.65. The van der Waals surface area contributed by atoms with E-state index in [0.717, 1.165) is 35.6 Å². The van der Waals surface area contributed by atoms with Crippen molar-refractivity contribution in [2.75, 3.05) is 12.4 Å². The molecular formula is C11H19BrClN3. The summed E-state index contributed by atoms with van der Waals surface area (Å²) in [6.45, 7) is 6.04. The fraction of sp³-hybridized carbons (Fsp3) is 0.727. The Morgan fingerprint density at radius 3 is 2.75 bits per heavy atom. The molecule has 0 aliphatic rings. The zero-order chi connectivity index (χ0) is 12.1. The van der Waals surface area contributed by atoms with Gasteiger partial charge in [-0.25, -0.2) is 0 Å². The van der Waals surface area contributed by atoms with Crippen LogP contribution in [0.4, 0.5) is 0 Å². The number of nitrogens with one attached hydrogen (secondary N) is 1. The first-order chi connectivity index (χ1) is 7.56. The molecule has 0 bridgehead atoms. The lowest BCUT2D eigenvalue weighted by Gasteiger charge is -2.11. The SMILES string of the molecule is Cc1nn(C)c(CNCC(C)CCCl)c1Br. The van der Waals surface area contributed by atoms with Crippen molar-refractivity contribution in [3.05, 3.63) is 15.9 Å². The average Bonchev–Trinajstić information content (AvgIpc) is 2.45. The number of aryl methyl sites for hydroxylation is 2. The van der Waals surface area contributed by atoms with Crippen LogP contribution >= 0.6 is 27.5 Å². The Morgan fingerprint density at radius 2 is 2.25 bits per heavy atom. The summed E-state index contributed by atoms with van der Waals surface area (Å²) < 4.78 is 3.02. The van der Waals surface area contributed by atoms with Crippen molar-refractivity contribution in [1.29, 1.82) is 0 Å².